The average Bonchev–Trinajstić information content (AvgIpc) is 3.18. The van der Waals surface area contributed by atoms with Crippen LogP contribution in [0.1, 0.15) is 59.2 Å². The van der Waals surface area contributed by atoms with Gasteiger partial charge in [-0.15, -0.1) is 0 Å². The van der Waals surface area contributed by atoms with E-state index in [4.69, 9.17) is 10.7 Å². The van der Waals surface area contributed by atoms with Crippen LogP contribution in [-0.4, -0.2) is 38.6 Å². The van der Waals surface area contributed by atoms with Crippen molar-refractivity contribution in [3.63, 3.8) is 0 Å². The first-order chi connectivity index (χ1) is 17.3. The minimum atomic E-state index is -0.254. The van der Waals surface area contributed by atoms with Crippen molar-refractivity contribution in [2.45, 2.75) is 46.7 Å². The van der Waals surface area contributed by atoms with Gasteiger partial charge in [0.25, 0.3) is 5.91 Å². The highest BCUT2D eigenvalue weighted by Crippen LogP contribution is 2.33. The molecule has 188 valence electrons. The molecule has 36 heavy (non-hydrogen) atoms. The predicted octanol–water partition coefficient (Wildman–Crippen LogP) is 5.60. The molecule has 1 aromatic heterocycles. The number of hydrogen-bond donors (Lipinski definition) is 2. The van der Waals surface area contributed by atoms with E-state index in [1.165, 1.54) is 0 Å². The van der Waals surface area contributed by atoms with E-state index in [2.05, 4.69) is 43.5 Å². The van der Waals surface area contributed by atoms with Crippen LogP contribution in [-0.2, 0) is 6.54 Å². The zero-order valence-electron chi connectivity index (χ0n) is 21.6. The van der Waals surface area contributed by atoms with Crippen molar-refractivity contribution >= 4 is 16.9 Å². The van der Waals surface area contributed by atoms with Crippen LogP contribution in [0, 0.1) is 19.8 Å². The van der Waals surface area contributed by atoms with Gasteiger partial charge >= 0.3 is 0 Å². The fourth-order valence-electron chi connectivity index (χ4n) is 4.78. The Bertz CT molecular complexity index is 1340. The fourth-order valence-corrected chi connectivity index (χ4v) is 4.78. The maximum absolute atomic E-state index is 13.9. The number of fused-ring (bicyclic) bond motifs is 1. The van der Waals surface area contributed by atoms with Crippen molar-refractivity contribution in [3.05, 3.63) is 94.8 Å². The lowest BCUT2D eigenvalue weighted by Gasteiger charge is -2.34. The maximum atomic E-state index is 13.9. The number of benzene rings is 3. The SMILES string of the molecule is Cc1ccc(C(=O)N(CCCN)[C@@H](c2nc3cc(C)ccc3n2Cc2cccc(O)c2)C(C)C)cc1. The van der Waals surface area contributed by atoms with Crippen molar-refractivity contribution < 1.29 is 9.90 Å². The van der Waals surface area contributed by atoms with Crippen LogP contribution in [0.3, 0.4) is 0 Å². The van der Waals surface area contributed by atoms with Crippen LogP contribution in [0.25, 0.3) is 11.0 Å². The molecule has 6 nitrogen and oxygen atoms in total. The van der Waals surface area contributed by atoms with Gasteiger partial charge in [-0.05, 0) is 80.3 Å². The number of aromatic hydroxyl groups is 1. The molecule has 1 atom stereocenters. The zero-order valence-corrected chi connectivity index (χ0v) is 21.6. The number of nitrogens with zero attached hydrogens (tertiary/aromatic N) is 3. The maximum Gasteiger partial charge on any atom is 0.254 e. The Balaban J connectivity index is 1.86. The van der Waals surface area contributed by atoms with Gasteiger partial charge in [-0.25, -0.2) is 4.98 Å². The van der Waals surface area contributed by atoms with E-state index < -0.39 is 0 Å². The van der Waals surface area contributed by atoms with E-state index in [0.717, 1.165) is 33.5 Å². The highest BCUT2D eigenvalue weighted by molar-refractivity contribution is 5.94. The van der Waals surface area contributed by atoms with Crippen molar-refractivity contribution in [1.82, 2.24) is 14.5 Å². The molecule has 0 spiro atoms. The molecule has 3 aromatic carbocycles. The molecular formula is C30H36N4O2. The number of phenols is 1. The number of carbonyl (C=O) groups is 1. The summed E-state index contributed by atoms with van der Waals surface area (Å²) >= 11 is 0. The molecule has 0 aliphatic heterocycles. The van der Waals surface area contributed by atoms with E-state index in [0.29, 0.717) is 31.6 Å². The molecule has 0 bridgehead atoms. The largest absolute Gasteiger partial charge is 0.508 e. The Morgan fingerprint density at radius 1 is 1.03 bits per heavy atom. The van der Waals surface area contributed by atoms with Gasteiger partial charge in [-0.3, -0.25) is 4.79 Å². The highest BCUT2D eigenvalue weighted by atomic mass is 16.3. The second-order valence-corrected chi connectivity index (χ2v) is 9.91. The Kier molecular flexibility index (Phi) is 7.75. The molecule has 4 aromatic rings. The van der Waals surface area contributed by atoms with Gasteiger partial charge in [-0.2, -0.15) is 0 Å². The van der Waals surface area contributed by atoms with Crippen LogP contribution in [0.2, 0.25) is 0 Å². The lowest BCUT2D eigenvalue weighted by Crippen LogP contribution is -2.40. The molecule has 0 radical (unpaired) electrons. The van der Waals surface area contributed by atoms with Crippen LogP contribution >= 0.6 is 0 Å². The predicted molar refractivity (Wildman–Crippen MR) is 145 cm³/mol. The van der Waals surface area contributed by atoms with Crippen LogP contribution in [0.5, 0.6) is 5.75 Å². The van der Waals surface area contributed by atoms with Gasteiger partial charge in [0.2, 0.25) is 0 Å². The molecule has 0 aliphatic carbocycles. The Morgan fingerprint density at radius 2 is 1.75 bits per heavy atom. The normalized spacial score (nSPS) is 12.3. The summed E-state index contributed by atoms with van der Waals surface area (Å²) in [5.74, 6) is 1.16. The third-order valence-corrected chi connectivity index (χ3v) is 6.58. The van der Waals surface area contributed by atoms with Gasteiger partial charge in [0.05, 0.1) is 17.1 Å². The van der Waals surface area contributed by atoms with E-state index in [1.807, 2.05) is 48.2 Å². The fraction of sp³-hybridized carbons (Fsp3) is 0.333. The molecule has 4 rings (SSSR count). The van der Waals surface area contributed by atoms with Gasteiger partial charge in [0.1, 0.15) is 11.6 Å². The summed E-state index contributed by atoms with van der Waals surface area (Å²) in [5, 5.41) is 10.1. The topological polar surface area (TPSA) is 84.4 Å². The zero-order chi connectivity index (χ0) is 25.8. The minimum absolute atomic E-state index is 0.0192. The molecule has 3 N–H and O–H groups in total. The van der Waals surface area contributed by atoms with E-state index in [9.17, 15) is 9.90 Å². The Labute approximate surface area is 213 Å². The minimum Gasteiger partial charge on any atom is -0.508 e. The third kappa shape index (κ3) is 5.44. The van der Waals surface area contributed by atoms with Crippen molar-refractivity contribution in [2.75, 3.05) is 13.1 Å². The standard InChI is InChI=1S/C30H36N4O2/c1-20(2)28(33(16-6-15-31)30(36)24-12-9-21(3)10-13-24)29-32-26-17-22(4)11-14-27(26)34(29)19-23-7-5-8-25(35)18-23/h5,7-14,17-18,20,28,35H,6,15-16,19,31H2,1-4H3/t28-/m1/s1. The number of carbonyl (C=O) groups excluding carboxylic acids is 1. The summed E-state index contributed by atoms with van der Waals surface area (Å²) in [7, 11) is 0. The molecule has 1 amide bonds. The number of aromatic nitrogens is 2. The number of nitrogens with two attached hydrogens (primary N) is 1. The van der Waals surface area contributed by atoms with Gasteiger partial charge in [0.15, 0.2) is 0 Å². The molecule has 0 saturated carbocycles. The van der Waals surface area contributed by atoms with Crippen molar-refractivity contribution in [2.24, 2.45) is 11.7 Å². The van der Waals surface area contributed by atoms with Gasteiger partial charge < -0.3 is 20.3 Å². The van der Waals surface area contributed by atoms with E-state index >= 15 is 0 Å². The quantitative estimate of drug-likeness (QED) is 0.324. The lowest BCUT2D eigenvalue weighted by molar-refractivity contribution is 0.0605. The summed E-state index contributed by atoms with van der Waals surface area (Å²) in [5.41, 5.74) is 11.7. The molecule has 0 aliphatic rings. The van der Waals surface area contributed by atoms with Crippen LogP contribution in [0.4, 0.5) is 0 Å². The third-order valence-electron chi connectivity index (χ3n) is 6.58. The summed E-state index contributed by atoms with van der Waals surface area (Å²) in [6.07, 6.45) is 0.701. The number of aryl methyl sites for hydroxylation is 2. The van der Waals surface area contributed by atoms with Crippen molar-refractivity contribution in [1.29, 1.82) is 0 Å². The van der Waals surface area contributed by atoms with Gasteiger partial charge in [-0.1, -0.05) is 49.7 Å². The van der Waals surface area contributed by atoms with Crippen molar-refractivity contribution in [3.8, 4) is 5.75 Å². The highest BCUT2D eigenvalue weighted by Gasteiger charge is 2.32. The van der Waals surface area contributed by atoms with E-state index in [-0.39, 0.29) is 23.6 Å². The second kappa shape index (κ2) is 11.0. The molecule has 6 heteroatoms. The van der Waals surface area contributed by atoms with Crippen LogP contribution < -0.4 is 5.73 Å². The first kappa shape index (κ1) is 25.5. The average molecular weight is 485 g/mol. The summed E-state index contributed by atoms with van der Waals surface area (Å²) in [6, 6.07) is 21.0. The summed E-state index contributed by atoms with van der Waals surface area (Å²) in [4.78, 5) is 20.9. The number of imidazole rings is 1. The molecule has 0 fully saturated rings. The molecular weight excluding hydrogens is 448 g/mol. The van der Waals surface area contributed by atoms with Crippen LogP contribution in [0.15, 0.2) is 66.7 Å². The molecule has 1 heterocycles. The Hall–Kier alpha value is -3.64. The number of phenolic OH excluding ortho intramolecular Hbond substituents is 1. The van der Waals surface area contributed by atoms with E-state index in [1.54, 1.807) is 12.1 Å². The monoisotopic (exact) mass is 484 g/mol. The number of hydrogen-bond acceptors (Lipinski definition) is 4. The lowest BCUT2D eigenvalue weighted by atomic mass is 9.99. The summed E-state index contributed by atoms with van der Waals surface area (Å²) in [6.45, 7) is 9.92. The molecule has 0 unspecified atom stereocenters. The summed E-state index contributed by atoms with van der Waals surface area (Å²) < 4.78 is 2.19. The molecule has 0 saturated heterocycles. The smallest absolute Gasteiger partial charge is 0.254 e. The Morgan fingerprint density at radius 3 is 2.42 bits per heavy atom. The first-order valence-corrected chi connectivity index (χ1v) is 12.6. The number of rotatable bonds is 9. The first-order valence-electron chi connectivity index (χ1n) is 12.6. The number of amides is 1. The second-order valence-electron chi connectivity index (χ2n) is 9.91. The van der Waals surface area contributed by atoms with Gasteiger partial charge in [0, 0.05) is 18.7 Å².